The Morgan fingerprint density at radius 1 is 1.06 bits per heavy atom. The number of rotatable bonds is 8. The maximum atomic E-state index is 12.6. The molecule has 0 atom stereocenters. The van der Waals surface area contributed by atoms with Gasteiger partial charge in [0.15, 0.2) is 0 Å². The van der Waals surface area contributed by atoms with Gasteiger partial charge in [0.05, 0.1) is 11.6 Å². The zero-order chi connectivity index (χ0) is 25.3. The Kier molecular flexibility index (Phi) is 9.10. The minimum atomic E-state index is -0.485. The molecule has 0 saturated carbocycles. The number of nitrogens with zero attached hydrogens (tertiary/aromatic N) is 3. The second-order valence-corrected chi connectivity index (χ2v) is 9.50. The Morgan fingerprint density at radius 3 is 2.51 bits per heavy atom. The first-order chi connectivity index (χ1) is 16.7. The highest BCUT2D eigenvalue weighted by Gasteiger charge is 2.25. The molecule has 1 fully saturated rings. The smallest absolute Gasteiger partial charge is 0.410 e. The van der Waals surface area contributed by atoms with Crippen LogP contribution in [0.2, 0.25) is 0 Å². The van der Waals surface area contributed by atoms with Gasteiger partial charge in [-0.2, -0.15) is 5.26 Å². The van der Waals surface area contributed by atoms with Gasteiger partial charge in [0.2, 0.25) is 0 Å². The van der Waals surface area contributed by atoms with Gasteiger partial charge in [0, 0.05) is 43.9 Å². The fraction of sp³-hybridized carbons (Fsp3) is 0.444. The summed E-state index contributed by atoms with van der Waals surface area (Å²) in [6.45, 7) is 10.2. The highest BCUT2D eigenvalue weighted by Crippen LogP contribution is 2.17. The van der Waals surface area contributed by atoms with Crippen molar-refractivity contribution < 1.29 is 19.1 Å². The van der Waals surface area contributed by atoms with Crippen LogP contribution in [-0.4, -0.2) is 66.7 Å². The minimum absolute atomic E-state index is 0.150. The molecule has 8 heteroatoms. The molecule has 2 amide bonds. The van der Waals surface area contributed by atoms with Crippen LogP contribution in [0, 0.1) is 11.3 Å². The molecule has 0 aliphatic carbocycles. The number of benzene rings is 2. The predicted molar refractivity (Wildman–Crippen MR) is 133 cm³/mol. The van der Waals surface area contributed by atoms with Gasteiger partial charge in [-0.15, -0.1) is 0 Å². The Morgan fingerprint density at radius 2 is 1.80 bits per heavy atom. The highest BCUT2D eigenvalue weighted by atomic mass is 16.6. The van der Waals surface area contributed by atoms with E-state index in [9.17, 15) is 14.9 Å². The molecule has 186 valence electrons. The van der Waals surface area contributed by atoms with Crippen molar-refractivity contribution in [1.82, 2.24) is 15.1 Å². The van der Waals surface area contributed by atoms with Gasteiger partial charge in [-0.25, -0.2) is 4.79 Å². The van der Waals surface area contributed by atoms with Crippen molar-refractivity contribution in [2.24, 2.45) is 0 Å². The van der Waals surface area contributed by atoms with Crippen LogP contribution < -0.4 is 10.1 Å². The van der Waals surface area contributed by atoms with Gasteiger partial charge in [-0.05, 0) is 58.0 Å². The number of hydrogen-bond donors (Lipinski definition) is 1. The zero-order valence-electron chi connectivity index (χ0n) is 20.8. The van der Waals surface area contributed by atoms with E-state index >= 15 is 0 Å². The van der Waals surface area contributed by atoms with Crippen LogP contribution in [0.1, 0.15) is 48.7 Å². The molecule has 1 N–H and O–H groups in total. The quantitative estimate of drug-likeness (QED) is 0.580. The minimum Gasteiger partial charge on any atom is -0.489 e. The van der Waals surface area contributed by atoms with Crippen molar-refractivity contribution in [3.05, 3.63) is 65.2 Å². The van der Waals surface area contributed by atoms with Crippen LogP contribution in [0.25, 0.3) is 0 Å². The van der Waals surface area contributed by atoms with Crippen LogP contribution in [0.4, 0.5) is 4.79 Å². The summed E-state index contributed by atoms with van der Waals surface area (Å²) >= 11 is 0. The molecule has 0 aromatic heterocycles. The lowest BCUT2D eigenvalue weighted by molar-refractivity contribution is 0.0144. The lowest BCUT2D eigenvalue weighted by Crippen LogP contribution is -2.50. The van der Waals surface area contributed by atoms with Crippen LogP contribution in [0.5, 0.6) is 5.75 Å². The Bertz CT molecular complexity index is 1050. The third-order valence-corrected chi connectivity index (χ3v) is 5.59. The topological polar surface area (TPSA) is 94.9 Å². The van der Waals surface area contributed by atoms with Crippen molar-refractivity contribution in [3.8, 4) is 11.8 Å². The molecule has 8 nitrogen and oxygen atoms in total. The largest absolute Gasteiger partial charge is 0.489 e. The lowest BCUT2D eigenvalue weighted by atomic mass is 10.1. The summed E-state index contributed by atoms with van der Waals surface area (Å²) in [6, 6.07) is 16.5. The summed E-state index contributed by atoms with van der Waals surface area (Å²) in [7, 11) is 0. The first-order valence-electron chi connectivity index (χ1n) is 11.9. The molecule has 1 aliphatic rings. The summed E-state index contributed by atoms with van der Waals surface area (Å²) in [5, 5.41) is 12.2. The molecule has 0 unspecified atom stereocenters. The van der Waals surface area contributed by atoms with E-state index in [0.717, 1.165) is 31.6 Å². The molecule has 0 bridgehead atoms. The molecule has 0 spiro atoms. The summed E-state index contributed by atoms with van der Waals surface area (Å²) in [6.07, 6.45) is 0.559. The van der Waals surface area contributed by atoms with Gasteiger partial charge < -0.3 is 19.7 Å². The van der Waals surface area contributed by atoms with E-state index in [-0.39, 0.29) is 18.6 Å². The number of carbonyl (C=O) groups excluding carboxylic acids is 2. The molecule has 3 rings (SSSR count). The molecular weight excluding hydrogens is 444 g/mol. The van der Waals surface area contributed by atoms with Crippen LogP contribution in [-0.2, 0) is 11.3 Å². The fourth-order valence-electron chi connectivity index (χ4n) is 3.73. The SMILES string of the molecule is CC(C)(C)OC(=O)N1CCN(CCCNC(=O)c2cccc(OCc3ccccc3C#N)c2)CC1. The third-order valence-electron chi connectivity index (χ3n) is 5.59. The molecule has 0 radical (unpaired) electrons. The molecule has 2 aromatic rings. The molecular formula is C27H34N4O4. The Labute approximate surface area is 207 Å². The second kappa shape index (κ2) is 12.2. The van der Waals surface area contributed by atoms with E-state index in [2.05, 4.69) is 16.3 Å². The van der Waals surface area contributed by atoms with E-state index in [0.29, 0.717) is 36.5 Å². The number of hydrogen-bond acceptors (Lipinski definition) is 6. The molecule has 2 aromatic carbocycles. The Hall–Kier alpha value is -3.57. The van der Waals surface area contributed by atoms with Gasteiger partial charge in [-0.3, -0.25) is 9.69 Å². The number of nitrogens with one attached hydrogen (secondary N) is 1. The van der Waals surface area contributed by atoms with Crippen molar-refractivity contribution in [2.45, 2.75) is 39.4 Å². The highest BCUT2D eigenvalue weighted by molar-refractivity contribution is 5.94. The van der Waals surface area contributed by atoms with Gasteiger partial charge >= 0.3 is 6.09 Å². The van der Waals surface area contributed by atoms with E-state index in [1.807, 2.05) is 39.0 Å². The summed E-state index contributed by atoms with van der Waals surface area (Å²) < 4.78 is 11.2. The normalized spacial score (nSPS) is 14.2. The lowest BCUT2D eigenvalue weighted by Gasteiger charge is -2.35. The van der Waals surface area contributed by atoms with E-state index in [1.165, 1.54) is 0 Å². The first kappa shape index (κ1) is 26.0. The summed E-state index contributed by atoms with van der Waals surface area (Å²) in [5.41, 5.74) is 1.42. The number of piperazine rings is 1. The van der Waals surface area contributed by atoms with Crippen LogP contribution in [0.15, 0.2) is 48.5 Å². The number of amides is 2. The summed E-state index contributed by atoms with van der Waals surface area (Å²) in [4.78, 5) is 28.8. The van der Waals surface area contributed by atoms with Crippen LogP contribution >= 0.6 is 0 Å². The van der Waals surface area contributed by atoms with Gasteiger partial charge in [-0.1, -0.05) is 24.3 Å². The maximum absolute atomic E-state index is 12.6. The fourth-order valence-corrected chi connectivity index (χ4v) is 3.73. The average Bonchev–Trinajstić information content (AvgIpc) is 2.85. The van der Waals surface area contributed by atoms with Crippen molar-refractivity contribution in [3.63, 3.8) is 0 Å². The van der Waals surface area contributed by atoms with Gasteiger partial charge in [0.1, 0.15) is 18.0 Å². The molecule has 1 heterocycles. The maximum Gasteiger partial charge on any atom is 0.410 e. The standard InChI is InChI=1S/C27H34N4O4/c1-27(2,3)35-26(33)31-16-14-30(15-17-31)13-7-12-29-25(32)21-10-6-11-24(18-21)34-20-23-9-5-4-8-22(23)19-28/h4-6,8-11,18H,7,12-17,20H2,1-3H3,(H,29,32). The summed E-state index contributed by atoms with van der Waals surface area (Å²) in [5.74, 6) is 0.427. The molecule has 1 saturated heterocycles. The van der Waals surface area contributed by atoms with Crippen molar-refractivity contribution in [1.29, 1.82) is 5.26 Å². The molecule has 35 heavy (non-hydrogen) atoms. The average molecular weight is 479 g/mol. The van der Waals surface area contributed by atoms with Gasteiger partial charge in [0.25, 0.3) is 5.91 Å². The molecule has 1 aliphatic heterocycles. The van der Waals surface area contributed by atoms with E-state index < -0.39 is 5.60 Å². The number of nitriles is 1. The number of ether oxygens (including phenoxy) is 2. The second-order valence-electron chi connectivity index (χ2n) is 9.50. The van der Waals surface area contributed by atoms with E-state index in [1.54, 1.807) is 35.2 Å². The number of carbonyl (C=O) groups is 2. The van der Waals surface area contributed by atoms with E-state index in [4.69, 9.17) is 9.47 Å². The predicted octanol–water partition coefficient (Wildman–Crippen LogP) is 3.81. The monoisotopic (exact) mass is 478 g/mol. The zero-order valence-corrected chi connectivity index (χ0v) is 20.8. The van der Waals surface area contributed by atoms with Crippen molar-refractivity contribution in [2.75, 3.05) is 39.3 Å². The first-order valence-corrected chi connectivity index (χ1v) is 11.9. The Balaban J connectivity index is 1.37. The van der Waals surface area contributed by atoms with Crippen molar-refractivity contribution >= 4 is 12.0 Å². The third kappa shape index (κ3) is 8.30. The van der Waals surface area contributed by atoms with Crippen LogP contribution in [0.3, 0.4) is 0 Å².